The van der Waals surface area contributed by atoms with Crippen molar-refractivity contribution in [2.24, 2.45) is 5.41 Å². The van der Waals surface area contributed by atoms with Crippen LogP contribution >= 0.6 is 0 Å². The summed E-state index contributed by atoms with van der Waals surface area (Å²) >= 11 is 0. The molecule has 0 radical (unpaired) electrons. The first-order chi connectivity index (χ1) is 8.85. The van der Waals surface area contributed by atoms with Crippen LogP contribution in [0.3, 0.4) is 0 Å². The second-order valence-electron chi connectivity index (χ2n) is 5.60. The van der Waals surface area contributed by atoms with Gasteiger partial charge in [-0.2, -0.15) is 0 Å². The van der Waals surface area contributed by atoms with Crippen LogP contribution in [-0.2, 0) is 4.74 Å². The van der Waals surface area contributed by atoms with Crippen molar-refractivity contribution in [1.82, 2.24) is 0 Å². The Morgan fingerprint density at radius 3 is 2.58 bits per heavy atom. The smallest absolute Gasteiger partial charge is 0.340 e. The predicted molar refractivity (Wildman–Crippen MR) is 76.4 cm³/mol. The molecule has 0 aliphatic carbocycles. The summed E-state index contributed by atoms with van der Waals surface area (Å²) in [6.45, 7) is 9.10. The Kier molecular flexibility index (Phi) is 5.21. The first-order valence-corrected chi connectivity index (χ1v) is 6.53. The van der Waals surface area contributed by atoms with E-state index in [0.717, 1.165) is 6.42 Å². The summed E-state index contributed by atoms with van der Waals surface area (Å²) in [4.78, 5) is 11.7. The number of rotatable bonds is 5. The Morgan fingerprint density at radius 1 is 1.32 bits per heavy atom. The molecule has 0 saturated heterocycles. The molecule has 1 aromatic rings. The summed E-state index contributed by atoms with van der Waals surface area (Å²) in [6.07, 6.45) is 0.913. The molecule has 0 atom stereocenters. The van der Waals surface area contributed by atoms with E-state index in [-0.39, 0.29) is 5.41 Å². The number of esters is 1. The molecule has 4 heteroatoms. The molecule has 0 spiro atoms. The minimum Gasteiger partial charge on any atom is -0.491 e. The van der Waals surface area contributed by atoms with Gasteiger partial charge in [0.1, 0.15) is 5.75 Å². The van der Waals surface area contributed by atoms with Crippen LogP contribution in [0.4, 0.5) is 5.69 Å². The summed E-state index contributed by atoms with van der Waals surface area (Å²) in [7, 11) is 0. The van der Waals surface area contributed by atoms with Crippen molar-refractivity contribution in [1.29, 1.82) is 0 Å². The van der Waals surface area contributed by atoms with Gasteiger partial charge in [-0.3, -0.25) is 0 Å². The quantitative estimate of drug-likeness (QED) is 0.655. The second kappa shape index (κ2) is 6.45. The lowest BCUT2D eigenvalue weighted by molar-refractivity contribution is 0.0527. The lowest BCUT2D eigenvalue weighted by Gasteiger charge is -2.19. The van der Waals surface area contributed by atoms with Crippen LogP contribution < -0.4 is 10.5 Å². The average Bonchev–Trinajstić information content (AvgIpc) is 2.30. The number of carbonyl (C=O) groups excluding carboxylic acids is 1. The van der Waals surface area contributed by atoms with Gasteiger partial charge in [0.15, 0.2) is 0 Å². The molecular weight excluding hydrogens is 242 g/mol. The van der Waals surface area contributed by atoms with Gasteiger partial charge in [-0.1, -0.05) is 26.8 Å². The molecule has 19 heavy (non-hydrogen) atoms. The first-order valence-electron chi connectivity index (χ1n) is 6.53. The first kappa shape index (κ1) is 15.3. The highest BCUT2D eigenvalue weighted by atomic mass is 16.5. The van der Waals surface area contributed by atoms with Gasteiger partial charge in [-0.15, -0.1) is 0 Å². The zero-order valence-electron chi connectivity index (χ0n) is 12.2. The molecule has 106 valence electrons. The third-order valence-corrected chi connectivity index (χ3v) is 2.67. The topological polar surface area (TPSA) is 61.5 Å². The van der Waals surface area contributed by atoms with Gasteiger partial charge in [0.05, 0.1) is 24.5 Å². The van der Waals surface area contributed by atoms with Gasteiger partial charge in [-0.25, -0.2) is 4.79 Å². The van der Waals surface area contributed by atoms with Crippen LogP contribution in [0.25, 0.3) is 0 Å². The molecular formula is C15H23NO3. The number of nitrogens with two attached hydrogens (primary N) is 1. The summed E-state index contributed by atoms with van der Waals surface area (Å²) < 4.78 is 10.6. The maximum Gasteiger partial charge on any atom is 0.340 e. The van der Waals surface area contributed by atoms with E-state index in [1.807, 2.05) is 0 Å². The van der Waals surface area contributed by atoms with Crippen LogP contribution in [0.5, 0.6) is 5.75 Å². The molecule has 2 N–H and O–H groups in total. The molecule has 0 aliphatic heterocycles. The number of ether oxygens (including phenoxy) is 2. The zero-order chi connectivity index (χ0) is 14.5. The Labute approximate surface area is 114 Å². The van der Waals surface area contributed by atoms with Gasteiger partial charge in [0, 0.05) is 0 Å². The molecule has 0 amide bonds. The van der Waals surface area contributed by atoms with E-state index < -0.39 is 5.97 Å². The highest BCUT2D eigenvalue weighted by molar-refractivity contribution is 5.96. The fourth-order valence-corrected chi connectivity index (χ4v) is 1.52. The number of carbonyl (C=O) groups is 1. The van der Waals surface area contributed by atoms with Gasteiger partial charge >= 0.3 is 5.97 Å². The lowest BCUT2D eigenvalue weighted by Crippen LogP contribution is -2.13. The number of hydrogen-bond donors (Lipinski definition) is 1. The van der Waals surface area contributed by atoms with Gasteiger partial charge < -0.3 is 15.2 Å². The SMILES string of the molecule is CCOC(=O)c1cccc(OCCC(C)(C)C)c1N. The summed E-state index contributed by atoms with van der Waals surface area (Å²) in [6, 6.07) is 5.15. The molecule has 0 unspecified atom stereocenters. The number of hydrogen-bond acceptors (Lipinski definition) is 4. The number of anilines is 1. The number of benzene rings is 1. The Bertz CT molecular complexity index is 436. The van der Waals surface area contributed by atoms with Crippen LogP contribution in [0, 0.1) is 5.41 Å². The van der Waals surface area contributed by atoms with E-state index in [1.54, 1.807) is 25.1 Å². The summed E-state index contributed by atoms with van der Waals surface area (Å²) in [5.74, 6) is 0.121. The molecule has 0 heterocycles. The number of para-hydroxylation sites is 1. The van der Waals surface area contributed by atoms with Gasteiger partial charge in [0.25, 0.3) is 0 Å². The van der Waals surface area contributed by atoms with Crippen molar-refractivity contribution in [2.45, 2.75) is 34.1 Å². The maximum absolute atomic E-state index is 11.7. The highest BCUT2D eigenvalue weighted by Crippen LogP contribution is 2.27. The molecule has 0 bridgehead atoms. The van der Waals surface area contributed by atoms with E-state index in [9.17, 15) is 4.79 Å². The van der Waals surface area contributed by atoms with Gasteiger partial charge in [-0.05, 0) is 30.9 Å². The number of nitrogen functional groups attached to an aromatic ring is 1. The van der Waals surface area contributed by atoms with Crippen LogP contribution in [0.15, 0.2) is 18.2 Å². The Morgan fingerprint density at radius 2 is 2.00 bits per heavy atom. The van der Waals surface area contributed by atoms with Crippen LogP contribution in [0.1, 0.15) is 44.5 Å². The predicted octanol–water partition coefficient (Wildman–Crippen LogP) is 3.26. The Hall–Kier alpha value is -1.71. The molecule has 0 aromatic heterocycles. The molecule has 1 rings (SSSR count). The fraction of sp³-hybridized carbons (Fsp3) is 0.533. The van der Waals surface area contributed by atoms with E-state index in [0.29, 0.717) is 30.2 Å². The summed E-state index contributed by atoms with van der Waals surface area (Å²) in [5.41, 5.74) is 6.84. The van der Waals surface area contributed by atoms with Crippen molar-refractivity contribution in [2.75, 3.05) is 18.9 Å². The van der Waals surface area contributed by atoms with Crippen molar-refractivity contribution < 1.29 is 14.3 Å². The Balaban J connectivity index is 2.75. The standard InChI is InChI=1S/C15H23NO3/c1-5-18-14(17)11-7-6-8-12(13(11)16)19-10-9-15(2,3)4/h6-8H,5,9-10,16H2,1-4H3. The van der Waals surface area contributed by atoms with Crippen molar-refractivity contribution in [3.05, 3.63) is 23.8 Å². The molecule has 4 nitrogen and oxygen atoms in total. The minimum atomic E-state index is -0.415. The monoisotopic (exact) mass is 265 g/mol. The summed E-state index contributed by atoms with van der Waals surface area (Å²) in [5, 5.41) is 0. The molecule has 0 fully saturated rings. The van der Waals surface area contributed by atoms with E-state index in [1.165, 1.54) is 0 Å². The van der Waals surface area contributed by atoms with Crippen molar-refractivity contribution >= 4 is 11.7 Å². The van der Waals surface area contributed by atoms with E-state index in [2.05, 4.69) is 20.8 Å². The molecule has 0 saturated carbocycles. The lowest BCUT2D eigenvalue weighted by atomic mass is 9.93. The molecule has 1 aromatic carbocycles. The largest absolute Gasteiger partial charge is 0.491 e. The zero-order valence-corrected chi connectivity index (χ0v) is 12.2. The normalized spacial score (nSPS) is 11.2. The van der Waals surface area contributed by atoms with Gasteiger partial charge in [0.2, 0.25) is 0 Å². The molecule has 0 aliphatic rings. The van der Waals surface area contributed by atoms with E-state index >= 15 is 0 Å². The highest BCUT2D eigenvalue weighted by Gasteiger charge is 2.15. The average molecular weight is 265 g/mol. The van der Waals surface area contributed by atoms with Crippen LogP contribution in [0.2, 0.25) is 0 Å². The van der Waals surface area contributed by atoms with Crippen molar-refractivity contribution in [3.63, 3.8) is 0 Å². The second-order valence-corrected chi connectivity index (χ2v) is 5.60. The van der Waals surface area contributed by atoms with Crippen molar-refractivity contribution in [3.8, 4) is 5.75 Å². The fourth-order valence-electron chi connectivity index (χ4n) is 1.52. The maximum atomic E-state index is 11.7. The van der Waals surface area contributed by atoms with Crippen LogP contribution in [-0.4, -0.2) is 19.2 Å². The third-order valence-electron chi connectivity index (χ3n) is 2.67. The minimum absolute atomic E-state index is 0.202. The third kappa shape index (κ3) is 4.81. The van der Waals surface area contributed by atoms with E-state index in [4.69, 9.17) is 15.2 Å².